The summed E-state index contributed by atoms with van der Waals surface area (Å²) in [4.78, 5) is 26.9. The number of aryl methyl sites for hydroxylation is 1. The van der Waals surface area contributed by atoms with Crippen molar-refractivity contribution in [1.29, 1.82) is 0 Å². The van der Waals surface area contributed by atoms with Gasteiger partial charge in [-0.25, -0.2) is 14.6 Å². The molecule has 0 saturated carbocycles. The van der Waals surface area contributed by atoms with Crippen molar-refractivity contribution in [3.63, 3.8) is 0 Å². The van der Waals surface area contributed by atoms with Gasteiger partial charge in [-0.2, -0.15) is 0 Å². The summed E-state index contributed by atoms with van der Waals surface area (Å²) in [5.74, 6) is -2.03. The lowest BCUT2D eigenvalue weighted by molar-refractivity contribution is 0.0687. The van der Waals surface area contributed by atoms with Crippen LogP contribution in [0.25, 0.3) is 22.2 Å². The highest BCUT2D eigenvalue weighted by Crippen LogP contribution is 2.26. The molecule has 0 aliphatic carbocycles. The van der Waals surface area contributed by atoms with Crippen LogP contribution in [0.1, 0.15) is 26.3 Å². The molecule has 0 atom stereocenters. The van der Waals surface area contributed by atoms with Crippen LogP contribution in [0.4, 0.5) is 0 Å². The summed E-state index contributed by atoms with van der Waals surface area (Å²) in [6, 6.07) is 13.2. The van der Waals surface area contributed by atoms with Gasteiger partial charge in [0.2, 0.25) is 0 Å². The summed E-state index contributed by atoms with van der Waals surface area (Å²) in [6.45, 7) is 1.89. The van der Waals surface area contributed by atoms with E-state index >= 15 is 0 Å². The van der Waals surface area contributed by atoms with Gasteiger partial charge in [0.25, 0.3) is 0 Å². The minimum atomic E-state index is -1.02. The lowest BCUT2D eigenvalue weighted by Crippen LogP contribution is -2.01. The minimum absolute atomic E-state index is 0.170. The summed E-state index contributed by atoms with van der Waals surface area (Å²) in [5.41, 5.74) is 3.06. The summed E-state index contributed by atoms with van der Waals surface area (Å²) in [5, 5.41) is 19.0. The van der Waals surface area contributed by atoms with Crippen LogP contribution < -0.4 is 0 Å². The van der Waals surface area contributed by atoms with Crippen molar-refractivity contribution < 1.29 is 19.8 Å². The van der Waals surface area contributed by atoms with E-state index in [0.717, 1.165) is 5.56 Å². The molecule has 0 aliphatic rings. The number of nitrogens with zero attached hydrogens (tertiary/aromatic N) is 1. The number of hydrogen-bond acceptors (Lipinski definition) is 3. The molecule has 23 heavy (non-hydrogen) atoms. The Morgan fingerprint density at radius 3 is 2.22 bits per heavy atom. The highest BCUT2D eigenvalue weighted by Gasteiger charge is 2.13. The number of hydrogen-bond donors (Lipinski definition) is 2. The van der Waals surface area contributed by atoms with Crippen molar-refractivity contribution in [1.82, 2.24) is 4.98 Å². The van der Waals surface area contributed by atoms with Gasteiger partial charge in [-0.3, -0.25) is 0 Å². The van der Waals surface area contributed by atoms with Crippen LogP contribution in [0.5, 0.6) is 0 Å². The number of carboxylic acid groups (broad SMARTS) is 2. The zero-order valence-electron chi connectivity index (χ0n) is 12.3. The first-order chi connectivity index (χ1) is 11.0. The van der Waals surface area contributed by atoms with Gasteiger partial charge in [-0.1, -0.05) is 23.8 Å². The minimum Gasteiger partial charge on any atom is -0.478 e. The number of aromatic nitrogens is 1. The van der Waals surface area contributed by atoms with Gasteiger partial charge in [0, 0.05) is 10.9 Å². The number of benzene rings is 2. The molecule has 0 radical (unpaired) electrons. The molecule has 0 spiro atoms. The molecule has 0 unspecified atom stereocenters. The van der Waals surface area contributed by atoms with Crippen molar-refractivity contribution in [3.8, 4) is 11.3 Å². The van der Waals surface area contributed by atoms with Crippen molar-refractivity contribution in [2.45, 2.75) is 6.92 Å². The maximum absolute atomic E-state index is 11.5. The van der Waals surface area contributed by atoms with E-state index in [1.807, 2.05) is 13.0 Å². The zero-order valence-corrected chi connectivity index (χ0v) is 12.3. The summed E-state index contributed by atoms with van der Waals surface area (Å²) in [6.07, 6.45) is 0. The molecular formula is C18H13NO4. The second-order valence-electron chi connectivity index (χ2n) is 5.26. The van der Waals surface area contributed by atoms with Gasteiger partial charge < -0.3 is 10.2 Å². The lowest BCUT2D eigenvalue weighted by atomic mass is 10.0. The SMILES string of the molecule is Cc1ccc2nc(-c3ccc(C(=O)O)cc3)cc(C(=O)O)c2c1. The average molecular weight is 307 g/mol. The predicted molar refractivity (Wildman–Crippen MR) is 85.8 cm³/mol. The van der Waals surface area contributed by atoms with E-state index in [2.05, 4.69) is 4.98 Å². The molecule has 114 valence electrons. The van der Waals surface area contributed by atoms with E-state index < -0.39 is 11.9 Å². The molecule has 1 aromatic heterocycles. The van der Waals surface area contributed by atoms with Crippen LogP contribution >= 0.6 is 0 Å². The van der Waals surface area contributed by atoms with Crippen LogP contribution in [0, 0.1) is 6.92 Å². The Labute approximate surface area is 131 Å². The molecule has 5 heteroatoms. The van der Waals surface area contributed by atoms with E-state index in [1.165, 1.54) is 18.2 Å². The fourth-order valence-electron chi connectivity index (χ4n) is 2.45. The van der Waals surface area contributed by atoms with Gasteiger partial charge in [0.1, 0.15) is 0 Å². The normalized spacial score (nSPS) is 10.7. The first-order valence-corrected chi connectivity index (χ1v) is 6.94. The summed E-state index contributed by atoms with van der Waals surface area (Å²) >= 11 is 0. The highest BCUT2D eigenvalue weighted by atomic mass is 16.4. The first kappa shape index (κ1) is 14.7. The molecule has 3 aromatic rings. The topological polar surface area (TPSA) is 87.5 Å². The molecule has 3 rings (SSSR count). The fraction of sp³-hybridized carbons (Fsp3) is 0.0556. The Bertz CT molecular complexity index is 930. The van der Waals surface area contributed by atoms with Gasteiger partial charge >= 0.3 is 11.9 Å². The highest BCUT2D eigenvalue weighted by molar-refractivity contribution is 6.04. The summed E-state index contributed by atoms with van der Waals surface area (Å²) in [7, 11) is 0. The van der Waals surface area contributed by atoms with Gasteiger partial charge in [0.05, 0.1) is 22.3 Å². The van der Waals surface area contributed by atoms with E-state index in [9.17, 15) is 14.7 Å². The third kappa shape index (κ3) is 2.76. The molecule has 0 bridgehead atoms. The monoisotopic (exact) mass is 307 g/mol. The molecule has 0 fully saturated rings. The smallest absolute Gasteiger partial charge is 0.336 e. The van der Waals surface area contributed by atoms with Crippen LogP contribution in [0.2, 0.25) is 0 Å². The number of pyridine rings is 1. The van der Waals surface area contributed by atoms with Crippen LogP contribution in [-0.4, -0.2) is 27.1 Å². The molecule has 0 saturated heterocycles. The lowest BCUT2D eigenvalue weighted by Gasteiger charge is -2.08. The fourth-order valence-corrected chi connectivity index (χ4v) is 2.45. The van der Waals surface area contributed by atoms with Gasteiger partial charge in [0.15, 0.2) is 0 Å². The maximum Gasteiger partial charge on any atom is 0.336 e. The van der Waals surface area contributed by atoms with Crippen LogP contribution in [-0.2, 0) is 0 Å². The largest absolute Gasteiger partial charge is 0.478 e. The second kappa shape index (κ2) is 5.53. The standard InChI is InChI=1S/C18H13NO4/c1-10-2-7-15-13(8-10)14(18(22)23)9-16(19-15)11-3-5-12(6-4-11)17(20)21/h2-9H,1H3,(H,20,21)(H,22,23). The second-order valence-corrected chi connectivity index (χ2v) is 5.26. The molecule has 5 nitrogen and oxygen atoms in total. The number of carbonyl (C=O) groups is 2. The number of carboxylic acids is 2. The van der Waals surface area contributed by atoms with Crippen molar-refractivity contribution >= 4 is 22.8 Å². The van der Waals surface area contributed by atoms with Crippen LogP contribution in [0.3, 0.4) is 0 Å². The molecule has 0 amide bonds. The van der Waals surface area contributed by atoms with E-state index in [0.29, 0.717) is 22.2 Å². The third-order valence-corrected chi connectivity index (χ3v) is 3.62. The molecule has 2 N–H and O–H groups in total. The van der Waals surface area contributed by atoms with E-state index in [4.69, 9.17) is 5.11 Å². The maximum atomic E-state index is 11.5. The van der Waals surface area contributed by atoms with E-state index in [1.54, 1.807) is 24.3 Å². The number of fused-ring (bicyclic) bond motifs is 1. The zero-order chi connectivity index (χ0) is 16.6. The van der Waals surface area contributed by atoms with Gasteiger partial charge in [-0.05, 0) is 37.3 Å². The Morgan fingerprint density at radius 2 is 1.61 bits per heavy atom. The number of rotatable bonds is 3. The Balaban J connectivity index is 2.20. The average Bonchev–Trinajstić information content (AvgIpc) is 2.53. The van der Waals surface area contributed by atoms with Crippen molar-refractivity contribution in [2.24, 2.45) is 0 Å². The Hall–Kier alpha value is -3.21. The van der Waals surface area contributed by atoms with Crippen LogP contribution in [0.15, 0.2) is 48.5 Å². The molecule has 1 heterocycles. The number of aromatic carboxylic acids is 2. The third-order valence-electron chi connectivity index (χ3n) is 3.62. The Kier molecular flexibility index (Phi) is 3.54. The van der Waals surface area contributed by atoms with Crippen molar-refractivity contribution in [2.75, 3.05) is 0 Å². The quantitative estimate of drug-likeness (QED) is 0.772. The Morgan fingerprint density at radius 1 is 0.913 bits per heavy atom. The van der Waals surface area contributed by atoms with Crippen molar-refractivity contribution in [3.05, 3.63) is 65.2 Å². The van der Waals surface area contributed by atoms with E-state index in [-0.39, 0.29) is 11.1 Å². The molecule has 2 aromatic carbocycles. The van der Waals surface area contributed by atoms with Gasteiger partial charge in [-0.15, -0.1) is 0 Å². The molecular weight excluding hydrogens is 294 g/mol. The predicted octanol–water partition coefficient (Wildman–Crippen LogP) is 3.61. The molecule has 0 aliphatic heterocycles. The first-order valence-electron chi connectivity index (χ1n) is 6.94. The summed E-state index contributed by atoms with van der Waals surface area (Å²) < 4.78 is 0.